The molecule has 1 aromatic heterocycles. The Kier molecular flexibility index (Phi) is 4.22. The van der Waals surface area contributed by atoms with E-state index in [1.165, 1.54) is 6.39 Å². The van der Waals surface area contributed by atoms with Crippen molar-refractivity contribution in [1.29, 1.82) is 0 Å². The maximum absolute atomic E-state index is 11.9. The zero-order valence-electron chi connectivity index (χ0n) is 9.26. The van der Waals surface area contributed by atoms with Gasteiger partial charge in [0.1, 0.15) is 0 Å². The van der Waals surface area contributed by atoms with Crippen LogP contribution < -0.4 is 5.32 Å². The predicted octanol–water partition coefficient (Wildman–Crippen LogP) is 1.98. The highest BCUT2D eigenvalue weighted by Crippen LogP contribution is 2.19. The van der Waals surface area contributed by atoms with Gasteiger partial charge in [0.15, 0.2) is 5.82 Å². The highest BCUT2D eigenvalue weighted by molar-refractivity contribution is 7.80. The summed E-state index contributed by atoms with van der Waals surface area (Å²) < 4.78 is 4.59. The fourth-order valence-electron chi connectivity index (χ4n) is 1.37. The number of rotatable bonds is 4. The Morgan fingerprint density at radius 3 is 3.06 bits per heavy atom. The lowest BCUT2D eigenvalue weighted by Crippen LogP contribution is -2.26. The predicted molar refractivity (Wildman–Crippen MR) is 69.0 cm³/mol. The van der Waals surface area contributed by atoms with Gasteiger partial charge in [-0.05, 0) is 18.2 Å². The van der Waals surface area contributed by atoms with Crippen molar-refractivity contribution in [2.75, 3.05) is 6.54 Å². The molecule has 1 heterocycles. The van der Waals surface area contributed by atoms with Crippen LogP contribution in [0.25, 0.3) is 0 Å². The number of aromatic nitrogens is 2. The Morgan fingerprint density at radius 2 is 2.33 bits per heavy atom. The zero-order valence-corrected chi connectivity index (χ0v) is 10.9. The van der Waals surface area contributed by atoms with Crippen molar-refractivity contribution >= 4 is 30.1 Å². The summed E-state index contributed by atoms with van der Waals surface area (Å²) in [5, 5.41) is 6.76. The maximum Gasteiger partial charge on any atom is 0.252 e. The molecule has 0 atom stereocenters. The van der Waals surface area contributed by atoms with Gasteiger partial charge < -0.3 is 9.84 Å². The Labute approximate surface area is 114 Å². The number of amides is 1. The Bertz CT molecular complexity index is 545. The van der Waals surface area contributed by atoms with Crippen LogP contribution in [-0.4, -0.2) is 22.6 Å². The molecule has 0 aliphatic carbocycles. The summed E-state index contributed by atoms with van der Waals surface area (Å²) in [4.78, 5) is 16.4. The van der Waals surface area contributed by atoms with Crippen LogP contribution in [0.2, 0.25) is 5.02 Å². The molecule has 0 aliphatic rings. The van der Waals surface area contributed by atoms with Crippen LogP contribution in [0.5, 0.6) is 0 Å². The van der Waals surface area contributed by atoms with Gasteiger partial charge in [-0.3, -0.25) is 4.79 Å². The number of nitrogens with zero attached hydrogens (tertiary/aromatic N) is 2. The number of thiol groups is 1. The number of hydrogen-bond acceptors (Lipinski definition) is 5. The van der Waals surface area contributed by atoms with Crippen LogP contribution in [0.4, 0.5) is 0 Å². The molecular formula is C11H10ClN3O2S. The Balaban J connectivity index is 1.93. The van der Waals surface area contributed by atoms with Crippen molar-refractivity contribution in [1.82, 2.24) is 15.5 Å². The molecule has 0 unspecified atom stereocenters. The van der Waals surface area contributed by atoms with E-state index in [0.717, 1.165) is 0 Å². The Hall–Kier alpha value is -1.53. The average Bonchev–Trinajstić information content (AvgIpc) is 2.85. The first kappa shape index (κ1) is 12.9. The summed E-state index contributed by atoms with van der Waals surface area (Å²) >= 11 is 10.1. The van der Waals surface area contributed by atoms with E-state index in [-0.39, 0.29) is 5.91 Å². The normalized spacial score (nSPS) is 10.3. The van der Waals surface area contributed by atoms with Crippen molar-refractivity contribution in [3.05, 3.63) is 41.0 Å². The van der Waals surface area contributed by atoms with Gasteiger partial charge in [0.05, 0.1) is 10.6 Å². The largest absolute Gasteiger partial charge is 0.352 e. The highest BCUT2D eigenvalue weighted by atomic mass is 35.5. The lowest BCUT2D eigenvalue weighted by atomic mass is 10.2. The van der Waals surface area contributed by atoms with E-state index in [1.807, 2.05) is 0 Å². The molecule has 0 fully saturated rings. The molecule has 0 radical (unpaired) electrons. The first-order valence-corrected chi connectivity index (χ1v) is 6.01. The molecule has 1 aromatic carbocycles. The molecule has 2 rings (SSSR count). The van der Waals surface area contributed by atoms with Crippen molar-refractivity contribution in [3.8, 4) is 0 Å². The van der Waals surface area contributed by atoms with Crippen LogP contribution in [0.15, 0.2) is 34.0 Å². The van der Waals surface area contributed by atoms with Crippen LogP contribution in [-0.2, 0) is 6.42 Å². The third kappa shape index (κ3) is 3.24. The number of nitrogens with one attached hydrogen (secondary N) is 1. The number of carbonyl (C=O) groups is 1. The molecule has 0 saturated carbocycles. The minimum absolute atomic E-state index is 0.251. The summed E-state index contributed by atoms with van der Waals surface area (Å²) in [6.07, 6.45) is 1.75. The third-order valence-corrected chi connectivity index (χ3v) is 2.84. The second-order valence-electron chi connectivity index (χ2n) is 3.52. The summed E-state index contributed by atoms with van der Waals surface area (Å²) in [6.45, 7) is 0.408. The van der Waals surface area contributed by atoms with E-state index in [4.69, 9.17) is 11.6 Å². The summed E-state index contributed by atoms with van der Waals surface area (Å²) in [6, 6.07) is 4.98. The first-order chi connectivity index (χ1) is 8.66. The molecular weight excluding hydrogens is 274 g/mol. The number of carbonyl (C=O) groups excluding carboxylic acids is 1. The number of benzene rings is 1. The van der Waals surface area contributed by atoms with Crippen molar-refractivity contribution in [3.63, 3.8) is 0 Å². The van der Waals surface area contributed by atoms with Gasteiger partial charge >= 0.3 is 0 Å². The van der Waals surface area contributed by atoms with Gasteiger partial charge in [-0.15, -0.1) is 12.6 Å². The maximum atomic E-state index is 11.9. The molecule has 94 valence electrons. The molecule has 18 heavy (non-hydrogen) atoms. The second-order valence-corrected chi connectivity index (χ2v) is 4.44. The lowest BCUT2D eigenvalue weighted by molar-refractivity contribution is 0.0954. The van der Waals surface area contributed by atoms with Crippen LogP contribution >= 0.6 is 24.2 Å². The topological polar surface area (TPSA) is 68.0 Å². The molecule has 2 aromatic rings. The van der Waals surface area contributed by atoms with E-state index in [1.54, 1.807) is 18.2 Å². The van der Waals surface area contributed by atoms with E-state index >= 15 is 0 Å². The highest BCUT2D eigenvalue weighted by Gasteiger charge is 2.10. The SMILES string of the molecule is O=C(NCCc1ncon1)c1cc(S)ccc1Cl. The fourth-order valence-corrected chi connectivity index (χ4v) is 1.78. The second kappa shape index (κ2) is 5.88. The minimum Gasteiger partial charge on any atom is -0.352 e. The van der Waals surface area contributed by atoms with E-state index < -0.39 is 0 Å². The van der Waals surface area contributed by atoms with Gasteiger partial charge in [0, 0.05) is 17.9 Å². The van der Waals surface area contributed by atoms with Crippen molar-refractivity contribution in [2.24, 2.45) is 0 Å². The van der Waals surface area contributed by atoms with Crippen molar-refractivity contribution in [2.45, 2.75) is 11.3 Å². The van der Waals surface area contributed by atoms with Gasteiger partial charge in [-0.25, -0.2) is 0 Å². The average molecular weight is 284 g/mol. The fraction of sp³-hybridized carbons (Fsp3) is 0.182. The van der Waals surface area contributed by atoms with E-state index in [2.05, 4.69) is 32.6 Å². The molecule has 5 nitrogen and oxygen atoms in total. The smallest absolute Gasteiger partial charge is 0.252 e. The number of halogens is 1. The van der Waals surface area contributed by atoms with Gasteiger partial charge in [-0.2, -0.15) is 4.98 Å². The molecule has 1 amide bonds. The summed E-state index contributed by atoms with van der Waals surface area (Å²) in [7, 11) is 0. The van der Waals surface area contributed by atoms with Gasteiger partial charge in [-0.1, -0.05) is 16.8 Å². The van der Waals surface area contributed by atoms with Gasteiger partial charge in [0.2, 0.25) is 6.39 Å². The standard InChI is InChI=1S/C11H10ClN3O2S/c12-9-2-1-7(18)5-8(9)11(16)13-4-3-10-14-6-17-15-10/h1-2,5-6,18H,3-4H2,(H,13,16). The minimum atomic E-state index is -0.251. The van der Waals surface area contributed by atoms with Gasteiger partial charge in [0.25, 0.3) is 5.91 Å². The zero-order chi connectivity index (χ0) is 13.0. The van der Waals surface area contributed by atoms with Crippen LogP contribution in [0.1, 0.15) is 16.2 Å². The summed E-state index contributed by atoms with van der Waals surface area (Å²) in [5.41, 5.74) is 0.400. The number of hydrogen-bond donors (Lipinski definition) is 2. The van der Waals surface area contributed by atoms with Crippen LogP contribution in [0, 0.1) is 0 Å². The quantitative estimate of drug-likeness (QED) is 0.842. The molecule has 0 saturated heterocycles. The molecule has 7 heteroatoms. The first-order valence-electron chi connectivity index (χ1n) is 5.19. The van der Waals surface area contributed by atoms with Crippen LogP contribution in [0.3, 0.4) is 0 Å². The third-order valence-electron chi connectivity index (χ3n) is 2.24. The molecule has 0 spiro atoms. The molecule has 0 bridgehead atoms. The summed E-state index contributed by atoms with van der Waals surface area (Å²) in [5.74, 6) is 0.295. The Morgan fingerprint density at radius 1 is 1.50 bits per heavy atom. The van der Waals surface area contributed by atoms with E-state index in [0.29, 0.717) is 34.3 Å². The lowest BCUT2D eigenvalue weighted by Gasteiger charge is -2.06. The molecule has 0 aliphatic heterocycles. The molecule has 1 N–H and O–H groups in total. The monoisotopic (exact) mass is 283 g/mol. The van der Waals surface area contributed by atoms with Crippen molar-refractivity contribution < 1.29 is 9.32 Å². The van der Waals surface area contributed by atoms with E-state index in [9.17, 15) is 4.79 Å².